The fourth-order valence-corrected chi connectivity index (χ4v) is 4.02. The van der Waals surface area contributed by atoms with E-state index in [2.05, 4.69) is 18.7 Å². The molecule has 1 aliphatic heterocycles. The van der Waals surface area contributed by atoms with Gasteiger partial charge in [-0.3, -0.25) is 9.69 Å². The standard InChI is InChI=1S/C15H25NO/c1-11-15(2)7-5-14(17)9-13(15)6-8-16(11)10-12-3-4-12/h11-13H,3-10H2,1-2H3. The molecular formula is C15H25NO. The lowest BCUT2D eigenvalue weighted by atomic mass is 9.60. The van der Waals surface area contributed by atoms with Crippen LogP contribution in [0.3, 0.4) is 0 Å². The Morgan fingerprint density at radius 1 is 1.35 bits per heavy atom. The molecule has 96 valence electrons. The SMILES string of the molecule is CC1N(CC2CC2)CCC2CC(=O)CCC21C. The van der Waals surface area contributed by atoms with Gasteiger partial charge in [0.2, 0.25) is 0 Å². The molecule has 3 atom stereocenters. The van der Waals surface area contributed by atoms with Gasteiger partial charge in [-0.2, -0.15) is 0 Å². The van der Waals surface area contributed by atoms with Crippen molar-refractivity contribution in [2.24, 2.45) is 17.3 Å². The molecule has 2 aliphatic carbocycles. The van der Waals surface area contributed by atoms with Crippen LogP contribution in [0, 0.1) is 17.3 Å². The zero-order chi connectivity index (χ0) is 12.0. The van der Waals surface area contributed by atoms with Gasteiger partial charge in [0.15, 0.2) is 0 Å². The first-order valence-corrected chi connectivity index (χ1v) is 7.35. The summed E-state index contributed by atoms with van der Waals surface area (Å²) in [6.07, 6.45) is 6.95. The smallest absolute Gasteiger partial charge is 0.133 e. The number of likely N-dealkylation sites (tertiary alicyclic amines) is 1. The minimum absolute atomic E-state index is 0.404. The first-order chi connectivity index (χ1) is 8.09. The van der Waals surface area contributed by atoms with E-state index in [0.29, 0.717) is 23.2 Å². The molecule has 2 saturated carbocycles. The van der Waals surface area contributed by atoms with E-state index in [9.17, 15) is 4.79 Å². The summed E-state index contributed by atoms with van der Waals surface area (Å²) in [7, 11) is 0. The van der Waals surface area contributed by atoms with E-state index in [1.807, 2.05) is 0 Å². The Kier molecular flexibility index (Phi) is 2.81. The lowest BCUT2D eigenvalue weighted by Gasteiger charge is -2.53. The number of piperidine rings is 1. The van der Waals surface area contributed by atoms with Crippen molar-refractivity contribution in [1.82, 2.24) is 4.90 Å². The third-order valence-electron chi connectivity index (χ3n) is 5.81. The van der Waals surface area contributed by atoms with Gasteiger partial charge in [0, 0.05) is 25.4 Å². The first-order valence-electron chi connectivity index (χ1n) is 7.35. The van der Waals surface area contributed by atoms with Crippen LogP contribution in [0.5, 0.6) is 0 Å². The number of carbonyl (C=O) groups is 1. The molecule has 3 unspecified atom stereocenters. The normalized spacial score (nSPS) is 43.5. The van der Waals surface area contributed by atoms with Crippen molar-refractivity contribution in [3.63, 3.8) is 0 Å². The summed E-state index contributed by atoms with van der Waals surface area (Å²) >= 11 is 0. The molecule has 0 bridgehead atoms. The lowest BCUT2D eigenvalue weighted by molar-refractivity contribution is -0.130. The van der Waals surface area contributed by atoms with Crippen molar-refractivity contribution >= 4 is 5.78 Å². The van der Waals surface area contributed by atoms with Gasteiger partial charge in [-0.05, 0) is 56.4 Å². The van der Waals surface area contributed by atoms with Gasteiger partial charge >= 0.3 is 0 Å². The topological polar surface area (TPSA) is 20.3 Å². The second-order valence-electron chi connectivity index (χ2n) is 6.85. The van der Waals surface area contributed by atoms with E-state index in [-0.39, 0.29) is 0 Å². The summed E-state index contributed by atoms with van der Waals surface area (Å²) < 4.78 is 0. The molecular weight excluding hydrogens is 210 g/mol. The molecule has 2 nitrogen and oxygen atoms in total. The predicted molar refractivity (Wildman–Crippen MR) is 68.8 cm³/mol. The number of rotatable bonds is 2. The van der Waals surface area contributed by atoms with E-state index < -0.39 is 0 Å². The fraction of sp³-hybridized carbons (Fsp3) is 0.933. The molecule has 0 spiro atoms. The Hall–Kier alpha value is -0.370. The van der Waals surface area contributed by atoms with Crippen LogP contribution in [0.4, 0.5) is 0 Å². The quantitative estimate of drug-likeness (QED) is 0.733. The summed E-state index contributed by atoms with van der Waals surface area (Å²) in [4.78, 5) is 14.3. The number of Topliss-reactive ketones (excluding diaryl/α,β-unsaturated/α-hetero) is 1. The van der Waals surface area contributed by atoms with Crippen LogP contribution < -0.4 is 0 Å². The first kappa shape index (κ1) is 11.7. The summed E-state index contributed by atoms with van der Waals surface area (Å²) in [5, 5.41) is 0. The van der Waals surface area contributed by atoms with E-state index in [1.165, 1.54) is 32.4 Å². The molecule has 17 heavy (non-hydrogen) atoms. The number of ketones is 1. The maximum absolute atomic E-state index is 11.6. The van der Waals surface area contributed by atoms with E-state index in [1.54, 1.807) is 0 Å². The molecule has 0 radical (unpaired) electrons. The van der Waals surface area contributed by atoms with E-state index in [0.717, 1.165) is 25.2 Å². The average Bonchev–Trinajstić information content (AvgIpc) is 3.10. The molecule has 0 aromatic rings. The van der Waals surface area contributed by atoms with Crippen molar-refractivity contribution in [2.45, 2.75) is 58.4 Å². The molecule has 3 rings (SSSR count). The average molecular weight is 235 g/mol. The largest absolute Gasteiger partial charge is 0.300 e. The highest BCUT2D eigenvalue weighted by atomic mass is 16.1. The summed E-state index contributed by atoms with van der Waals surface area (Å²) in [5.74, 6) is 2.16. The van der Waals surface area contributed by atoms with Crippen molar-refractivity contribution in [3.8, 4) is 0 Å². The summed E-state index contributed by atoms with van der Waals surface area (Å²) in [6.45, 7) is 7.39. The van der Waals surface area contributed by atoms with Crippen LogP contribution >= 0.6 is 0 Å². The maximum atomic E-state index is 11.6. The number of nitrogens with zero attached hydrogens (tertiary/aromatic N) is 1. The van der Waals surface area contributed by atoms with Crippen LogP contribution in [0.1, 0.15) is 52.4 Å². The van der Waals surface area contributed by atoms with Crippen molar-refractivity contribution in [2.75, 3.05) is 13.1 Å². The van der Waals surface area contributed by atoms with Crippen LogP contribution in [0.2, 0.25) is 0 Å². The Bertz CT molecular complexity index is 323. The Morgan fingerprint density at radius 3 is 2.82 bits per heavy atom. The summed E-state index contributed by atoms with van der Waals surface area (Å²) in [6, 6.07) is 0.676. The summed E-state index contributed by atoms with van der Waals surface area (Å²) in [5.41, 5.74) is 0.404. The van der Waals surface area contributed by atoms with E-state index in [4.69, 9.17) is 0 Å². The third-order valence-corrected chi connectivity index (χ3v) is 5.81. The van der Waals surface area contributed by atoms with Crippen LogP contribution in [-0.2, 0) is 4.79 Å². The lowest BCUT2D eigenvalue weighted by Crippen LogP contribution is -2.56. The molecule has 0 aromatic heterocycles. The Balaban J connectivity index is 1.73. The second-order valence-corrected chi connectivity index (χ2v) is 6.85. The van der Waals surface area contributed by atoms with Crippen molar-refractivity contribution in [1.29, 1.82) is 0 Å². The number of fused-ring (bicyclic) bond motifs is 1. The molecule has 0 N–H and O–H groups in total. The van der Waals surface area contributed by atoms with Gasteiger partial charge in [-0.25, -0.2) is 0 Å². The predicted octanol–water partition coefficient (Wildman–Crippen LogP) is 2.87. The van der Waals surface area contributed by atoms with Gasteiger partial charge in [0.05, 0.1) is 0 Å². The molecule has 3 fully saturated rings. The van der Waals surface area contributed by atoms with Crippen molar-refractivity contribution < 1.29 is 4.79 Å². The number of hydrogen-bond acceptors (Lipinski definition) is 2. The Labute approximate surface area is 105 Å². The highest BCUT2D eigenvalue weighted by molar-refractivity contribution is 5.79. The van der Waals surface area contributed by atoms with Gasteiger partial charge in [-0.15, -0.1) is 0 Å². The molecule has 1 saturated heterocycles. The van der Waals surface area contributed by atoms with Crippen LogP contribution in [0.25, 0.3) is 0 Å². The minimum atomic E-state index is 0.404. The highest BCUT2D eigenvalue weighted by Gasteiger charge is 2.48. The third kappa shape index (κ3) is 2.05. The fourth-order valence-electron chi connectivity index (χ4n) is 4.02. The number of hydrogen-bond donors (Lipinski definition) is 0. The monoisotopic (exact) mass is 235 g/mol. The molecule has 2 heteroatoms. The van der Waals surface area contributed by atoms with Gasteiger partial charge in [0.25, 0.3) is 0 Å². The molecule has 0 amide bonds. The molecule has 3 aliphatic rings. The zero-order valence-electron chi connectivity index (χ0n) is 11.2. The van der Waals surface area contributed by atoms with Gasteiger partial charge < -0.3 is 0 Å². The Morgan fingerprint density at radius 2 is 2.12 bits per heavy atom. The van der Waals surface area contributed by atoms with Gasteiger partial charge in [0.1, 0.15) is 5.78 Å². The minimum Gasteiger partial charge on any atom is -0.300 e. The maximum Gasteiger partial charge on any atom is 0.133 e. The van der Waals surface area contributed by atoms with Gasteiger partial charge in [-0.1, -0.05) is 6.92 Å². The molecule has 1 heterocycles. The second kappa shape index (κ2) is 4.08. The van der Waals surface area contributed by atoms with Crippen LogP contribution in [-0.4, -0.2) is 29.8 Å². The van der Waals surface area contributed by atoms with E-state index >= 15 is 0 Å². The van der Waals surface area contributed by atoms with Crippen LogP contribution in [0.15, 0.2) is 0 Å². The highest BCUT2D eigenvalue weighted by Crippen LogP contribution is 2.49. The number of carbonyl (C=O) groups excluding carboxylic acids is 1. The molecule has 0 aromatic carbocycles. The van der Waals surface area contributed by atoms with Crippen molar-refractivity contribution in [3.05, 3.63) is 0 Å². The zero-order valence-corrected chi connectivity index (χ0v) is 11.2.